The molecule has 3 aromatic rings. The minimum Gasteiger partial charge on any atom is -0.378 e. The Kier molecular flexibility index (Phi) is 3.49. The van der Waals surface area contributed by atoms with Crippen molar-refractivity contribution in [2.75, 3.05) is 5.32 Å². The van der Waals surface area contributed by atoms with Gasteiger partial charge >= 0.3 is 0 Å². The van der Waals surface area contributed by atoms with Crippen molar-refractivity contribution < 1.29 is 0 Å². The molecule has 102 valence electrons. The van der Waals surface area contributed by atoms with Gasteiger partial charge in [-0.2, -0.15) is 0 Å². The van der Waals surface area contributed by atoms with Gasteiger partial charge in [-0.05, 0) is 36.8 Å². The van der Waals surface area contributed by atoms with Crippen LogP contribution in [0.1, 0.15) is 11.4 Å². The van der Waals surface area contributed by atoms with Crippen LogP contribution in [0, 0.1) is 6.92 Å². The zero-order valence-corrected chi connectivity index (χ0v) is 13.1. The smallest absolute Gasteiger partial charge is 0.128 e. The summed E-state index contributed by atoms with van der Waals surface area (Å²) >= 11 is 3.55. The number of hydrogen-bond donors (Lipinski definition) is 1. The second kappa shape index (κ2) is 5.29. The topological polar surface area (TPSA) is 29.9 Å². The minimum absolute atomic E-state index is 0.711. The van der Waals surface area contributed by atoms with Gasteiger partial charge in [0.25, 0.3) is 0 Å². The SMILES string of the molecule is Cc1c(Br)cccc1NCc1nc2ccccc2n1C. The van der Waals surface area contributed by atoms with Gasteiger partial charge in [0.05, 0.1) is 17.6 Å². The third-order valence-electron chi connectivity index (χ3n) is 3.58. The minimum atomic E-state index is 0.711. The van der Waals surface area contributed by atoms with Crippen molar-refractivity contribution in [3.8, 4) is 0 Å². The largest absolute Gasteiger partial charge is 0.378 e. The van der Waals surface area contributed by atoms with Crippen molar-refractivity contribution in [3.63, 3.8) is 0 Å². The van der Waals surface area contributed by atoms with E-state index in [4.69, 9.17) is 0 Å². The lowest BCUT2D eigenvalue weighted by Gasteiger charge is -2.10. The fraction of sp³-hybridized carbons (Fsp3) is 0.188. The summed E-state index contributed by atoms with van der Waals surface area (Å²) in [4.78, 5) is 4.67. The van der Waals surface area contributed by atoms with Gasteiger partial charge in [0.15, 0.2) is 0 Å². The molecule has 3 nitrogen and oxygen atoms in total. The first-order valence-electron chi connectivity index (χ1n) is 6.56. The summed E-state index contributed by atoms with van der Waals surface area (Å²) in [5.41, 5.74) is 4.55. The number of aryl methyl sites for hydroxylation is 1. The molecule has 0 aliphatic heterocycles. The van der Waals surface area contributed by atoms with Crippen LogP contribution in [0.25, 0.3) is 11.0 Å². The highest BCUT2D eigenvalue weighted by Gasteiger charge is 2.07. The average Bonchev–Trinajstić information content (AvgIpc) is 2.78. The number of aromatic nitrogens is 2. The van der Waals surface area contributed by atoms with Gasteiger partial charge in [0.2, 0.25) is 0 Å². The van der Waals surface area contributed by atoms with Crippen molar-refractivity contribution in [2.24, 2.45) is 7.05 Å². The quantitative estimate of drug-likeness (QED) is 0.778. The van der Waals surface area contributed by atoms with Crippen molar-refractivity contribution in [1.29, 1.82) is 0 Å². The van der Waals surface area contributed by atoms with Gasteiger partial charge in [-0.25, -0.2) is 4.98 Å². The molecule has 0 bridgehead atoms. The molecule has 2 aromatic carbocycles. The van der Waals surface area contributed by atoms with Crippen LogP contribution in [0.15, 0.2) is 46.9 Å². The molecular weight excluding hydrogens is 314 g/mol. The first-order chi connectivity index (χ1) is 9.66. The van der Waals surface area contributed by atoms with Crippen LogP contribution < -0.4 is 5.32 Å². The van der Waals surface area contributed by atoms with Gasteiger partial charge in [0.1, 0.15) is 5.82 Å². The van der Waals surface area contributed by atoms with Crippen molar-refractivity contribution in [3.05, 3.63) is 58.3 Å². The highest BCUT2D eigenvalue weighted by Crippen LogP contribution is 2.24. The number of rotatable bonds is 3. The molecule has 0 spiro atoms. The molecule has 1 aromatic heterocycles. The lowest BCUT2D eigenvalue weighted by molar-refractivity contribution is 0.834. The standard InChI is InChI=1S/C16H16BrN3/c1-11-12(17)6-5-8-13(11)18-10-16-19-14-7-3-4-9-15(14)20(16)2/h3-9,18H,10H2,1-2H3. The van der Waals surface area contributed by atoms with Gasteiger partial charge in [-0.15, -0.1) is 0 Å². The number of anilines is 1. The summed E-state index contributed by atoms with van der Waals surface area (Å²) in [5, 5.41) is 3.46. The van der Waals surface area contributed by atoms with Crippen LogP contribution in [0.4, 0.5) is 5.69 Å². The molecule has 0 unspecified atom stereocenters. The highest BCUT2D eigenvalue weighted by atomic mass is 79.9. The average molecular weight is 330 g/mol. The summed E-state index contributed by atoms with van der Waals surface area (Å²) in [6, 6.07) is 14.4. The predicted octanol–water partition coefficient (Wildman–Crippen LogP) is 4.26. The number of imidazole rings is 1. The zero-order chi connectivity index (χ0) is 14.1. The summed E-state index contributed by atoms with van der Waals surface area (Å²) in [6.45, 7) is 2.81. The lowest BCUT2D eigenvalue weighted by atomic mass is 10.2. The van der Waals surface area contributed by atoms with Crippen LogP contribution in [0.5, 0.6) is 0 Å². The number of fused-ring (bicyclic) bond motifs is 1. The highest BCUT2D eigenvalue weighted by molar-refractivity contribution is 9.10. The molecule has 1 N–H and O–H groups in total. The number of para-hydroxylation sites is 2. The molecular formula is C16H16BrN3. The number of nitrogens with zero attached hydrogens (tertiary/aromatic N) is 2. The first kappa shape index (κ1) is 13.2. The van der Waals surface area contributed by atoms with Gasteiger partial charge in [0, 0.05) is 17.2 Å². The molecule has 3 rings (SSSR count). The summed E-state index contributed by atoms with van der Waals surface area (Å²) < 4.78 is 3.25. The van der Waals surface area contributed by atoms with E-state index in [9.17, 15) is 0 Å². The van der Waals surface area contributed by atoms with Crippen LogP contribution in [-0.4, -0.2) is 9.55 Å². The molecule has 4 heteroatoms. The van der Waals surface area contributed by atoms with Crippen LogP contribution in [0.3, 0.4) is 0 Å². The molecule has 0 saturated carbocycles. The van der Waals surface area contributed by atoms with E-state index in [0.29, 0.717) is 6.54 Å². The maximum atomic E-state index is 4.67. The fourth-order valence-electron chi connectivity index (χ4n) is 2.33. The van der Waals surface area contributed by atoms with E-state index in [1.54, 1.807) is 0 Å². The Hall–Kier alpha value is -1.81. The second-order valence-corrected chi connectivity index (χ2v) is 5.70. The fourth-order valence-corrected chi connectivity index (χ4v) is 2.69. The molecule has 1 heterocycles. The van der Waals surface area contributed by atoms with E-state index in [2.05, 4.69) is 63.0 Å². The van der Waals surface area contributed by atoms with Gasteiger partial charge in [-0.3, -0.25) is 0 Å². The van der Waals surface area contributed by atoms with Crippen LogP contribution >= 0.6 is 15.9 Å². The maximum Gasteiger partial charge on any atom is 0.128 e. The Bertz CT molecular complexity index is 762. The summed E-state index contributed by atoms with van der Waals surface area (Å²) in [5.74, 6) is 1.03. The van der Waals surface area contributed by atoms with Crippen molar-refractivity contribution >= 4 is 32.7 Å². The molecule has 0 amide bonds. The Balaban J connectivity index is 1.87. The molecule has 0 fully saturated rings. The van der Waals surface area contributed by atoms with Gasteiger partial charge in [-0.1, -0.05) is 34.1 Å². The maximum absolute atomic E-state index is 4.67. The summed E-state index contributed by atoms with van der Waals surface area (Å²) in [7, 11) is 2.06. The van der Waals surface area contributed by atoms with E-state index in [1.165, 1.54) is 5.56 Å². The Morgan fingerprint density at radius 2 is 1.95 bits per heavy atom. The molecule has 0 aliphatic rings. The number of nitrogens with one attached hydrogen (secondary N) is 1. The molecule has 0 aliphatic carbocycles. The van der Waals surface area contributed by atoms with Crippen LogP contribution in [0.2, 0.25) is 0 Å². The first-order valence-corrected chi connectivity index (χ1v) is 7.35. The predicted molar refractivity (Wildman–Crippen MR) is 86.9 cm³/mol. The number of hydrogen-bond acceptors (Lipinski definition) is 2. The van der Waals surface area contributed by atoms with E-state index in [-0.39, 0.29) is 0 Å². The van der Waals surface area contributed by atoms with E-state index in [1.807, 2.05) is 24.3 Å². The summed E-state index contributed by atoms with van der Waals surface area (Å²) in [6.07, 6.45) is 0. The third-order valence-corrected chi connectivity index (χ3v) is 4.44. The molecule has 20 heavy (non-hydrogen) atoms. The van der Waals surface area contributed by atoms with Crippen LogP contribution in [-0.2, 0) is 13.6 Å². The van der Waals surface area contributed by atoms with Crippen molar-refractivity contribution in [2.45, 2.75) is 13.5 Å². The Morgan fingerprint density at radius 3 is 2.75 bits per heavy atom. The molecule has 0 saturated heterocycles. The third kappa shape index (κ3) is 2.31. The number of benzene rings is 2. The molecule has 0 radical (unpaired) electrons. The Labute approximate surface area is 126 Å². The van der Waals surface area contributed by atoms with Crippen molar-refractivity contribution in [1.82, 2.24) is 9.55 Å². The monoisotopic (exact) mass is 329 g/mol. The normalized spacial score (nSPS) is 10.9. The van der Waals surface area contributed by atoms with E-state index < -0.39 is 0 Å². The Morgan fingerprint density at radius 1 is 1.15 bits per heavy atom. The second-order valence-electron chi connectivity index (χ2n) is 4.84. The molecule has 0 atom stereocenters. The van der Waals surface area contributed by atoms with E-state index in [0.717, 1.165) is 27.0 Å². The number of halogens is 1. The zero-order valence-electron chi connectivity index (χ0n) is 11.5. The van der Waals surface area contributed by atoms with E-state index >= 15 is 0 Å². The van der Waals surface area contributed by atoms with Gasteiger partial charge < -0.3 is 9.88 Å². The lowest BCUT2D eigenvalue weighted by Crippen LogP contribution is -2.06.